The first-order valence-corrected chi connectivity index (χ1v) is 6.95. The predicted octanol–water partition coefficient (Wildman–Crippen LogP) is 1.94. The van der Waals surface area contributed by atoms with Crippen molar-refractivity contribution in [2.45, 2.75) is 18.8 Å². The molecule has 0 heterocycles. The van der Waals surface area contributed by atoms with Crippen molar-refractivity contribution in [3.8, 4) is 0 Å². The van der Waals surface area contributed by atoms with Crippen LogP contribution in [0.4, 0.5) is 0 Å². The van der Waals surface area contributed by atoms with E-state index < -0.39 is 0 Å². The van der Waals surface area contributed by atoms with E-state index >= 15 is 0 Å². The first-order chi connectivity index (χ1) is 7.68. The third kappa shape index (κ3) is 3.00. The fraction of sp³-hybridized carbons (Fsp3) is 0.538. The predicted molar refractivity (Wildman–Crippen MR) is 72.0 cm³/mol. The minimum Gasteiger partial charge on any atom is -0.395 e. The second-order valence-corrected chi connectivity index (χ2v) is 5.24. The molecule has 90 valence electrons. The maximum Gasteiger partial charge on any atom is 0.0540 e. The van der Waals surface area contributed by atoms with Crippen LogP contribution in [0.3, 0.4) is 0 Å². The summed E-state index contributed by atoms with van der Waals surface area (Å²) < 4.78 is 0. The average Bonchev–Trinajstić information content (AvgIpc) is 2.33. The van der Waals surface area contributed by atoms with Gasteiger partial charge in [0.1, 0.15) is 0 Å². The van der Waals surface area contributed by atoms with Crippen molar-refractivity contribution < 1.29 is 5.11 Å². The number of thioether (sulfide) groups is 1. The molecule has 0 aliphatic rings. The summed E-state index contributed by atoms with van der Waals surface area (Å²) in [6, 6.07) is 8.32. The van der Waals surface area contributed by atoms with E-state index in [4.69, 9.17) is 5.73 Å². The molecular weight excluding hydrogens is 218 g/mol. The number of benzene rings is 1. The number of aliphatic hydroxyl groups is 1. The molecule has 0 saturated carbocycles. The Kier molecular flexibility index (Phi) is 5.32. The Morgan fingerprint density at radius 2 is 1.94 bits per heavy atom. The highest BCUT2D eigenvalue weighted by Gasteiger charge is 2.29. The van der Waals surface area contributed by atoms with Gasteiger partial charge < -0.3 is 10.8 Å². The van der Waals surface area contributed by atoms with Gasteiger partial charge in [-0.2, -0.15) is 11.8 Å². The minimum atomic E-state index is -0.267. The molecular formula is C13H21NOS. The van der Waals surface area contributed by atoms with Crippen LogP contribution in [-0.2, 0) is 5.41 Å². The van der Waals surface area contributed by atoms with Crippen LogP contribution in [0, 0.1) is 6.92 Å². The summed E-state index contributed by atoms with van der Waals surface area (Å²) in [7, 11) is 0. The molecule has 0 saturated heterocycles. The number of aliphatic hydroxyl groups excluding tert-OH is 1. The highest BCUT2D eigenvalue weighted by Crippen LogP contribution is 2.28. The maximum atomic E-state index is 9.64. The van der Waals surface area contributed by atoms with E-state index in [1.54, 1.807) is 11.8 Å². The lowest BCUT2D eigenvalue weighted by Crippen LogP contribution is -2.39. The van der Waals surface area contributed by atoms with Crippen molar-refractivity contribution >= 4 is 11.8 Å². The molecule has 1 aromatic carbocycles. The number of nitrogens with two attached hydrogens (primary N) is 1. The molecule has 2 nitrogen and oxygen atoms in total. The zero-order valence-corrected chi connectivity index (χ0v) is 10.9. The van der Waals surface area contributed by atoms with E-state index in [1.165, 1.54) is 5.56 Å². The van der Waals surface area contributed by atoms with E-state index in [0.29, 0.717) is 6.54 Å². The Hall–Kier alpha value is -0.510. The Labute approximate surface area is 102 Å². The zero-order chi connectivity index (χ0) is 12.0. The summed E-state index contributed by atoms with van der Waals surface area (Å²) >= 11 is 1.79. The fourth-order valence-electron chi connectivity index (χ4n) is 1.80. The first-order valence-electron chi connectivity index (χ1n) is 5.55. The van der Waals surface area contributed by atoms with Crippen LogP contribution in [0.15, 0.2) is 24.3 Å². The van der Waals surface area contributed by atoms with Gasteiger partial charge in [0.15, 0.2) is 0 Å². The summed E-state index contributed by atoms with van der Waals surface area (Å²) in [5.74, 6) is 1.02. The molecule has 1 atom stereocenters. The molecule has 1 aromatic rings. The topological polar surface area (TPSA) is 46.2 Å². The lowest BCUT2D eigenvalue weighted by Gasteiger charge is -2.31. The average molecular weight is 239 g/mol. The van der Waals surface area contributed by atoms with Crippen molar-refractivity contribution in [2.75, 3.05) is 25.2 Å². The molecule has 0 radical (unpaired) electrons. The highest BCUT2D eigenvalue weighted by atomic mass is 32.2. The molecule has 0 spiro atoms. The van der Waals surface area contributed by atoms with Gasteiger partial charge in [-0.15, -0.1) is 0 Å². The smallest absolute Gasteiger partial charge is 0.0540 e. The molecule has 0 aliphatic heterocycles. The Morgan fingerprint density at radius 3 is 2.38 bits per heavy atom. The van der Waals surface area contributed by atoms with Crippen molar-refractivity contribution in [1.29, 1.82) is 0 Å². The monoisotopic (exact) mass is 239 g/mol. The van der Waals surface area contributed by atoms with E-state index in [2.05, 4.69) is 37.4 Å². The van der Waals surface area contributed by atoms with E-state index in [0.717, 1.165) is 17.7 Å². The molecule has 16 heavy (non-hydrogen) atoms. The van der Waals surface area contributed by atoms with Gasteiger partial charge in [0, 0.05) is 12.0 Å². The van der Waals surface area contributed by atoms with Gasteiger partial charge in [-0.05, 0) is 30.9 Å². The number of aryl methyl sites for hydroxylation is 1. The second kappa shape index (κ2) is 6.28. The molecule has 3 N–H and O–H groups in total. The SMILES string of the molecule is CSCCC(CN)(CO)c1ccc(C)cc1. The first kappa shape index (κ1) is 13.6. The standard InChI is InChI=1S/C13H21NOS/c1-11-3-5-12(6-4-11)13(9-14,10-15)7-8-16-2/h3-6,15H,7-10,14H2,1-2H3. The second-order valence-electron chi connectivity index (χ2n) is 4.25. The van der Waals surface area contributed by atoms with E-state index in [-0.39, 0.29) is 12.0 Å². The van der Waals surface area contributed by atoms with Gasteiger partial charge in [0.2, 0.25) is 0 Å². The van der Waals surface area contributed by atoms with Crippen LogP contribution in [0.25, 0.3) is 0 Å². The summed E-state index contributed by atoms with van der Waals surface area (Å²) in [6.45, 7) is 2.68. The van der Waals surface area contributed by atoms with Crippen molar-refractivity contribution in [2.24, 2.45) is 5.73 Å². The molecule has 0 aromatic heterocycles. The van der Waals surface area contributed by atoms with Crippen LogP contribution >= 0.6 is 11.8 Å². The third-order valence-corrected chi connectivity index (χ3v) is 3.75. The largest absolute Gasteiger partial charge is 0.395 e. The van der Waals surface area contributed by atoms with Gasteiger partial charge in [-0.1, -0.05) is 29.8 Å². The fourth-order valence-corrected chi connectivity index (χ4v) is 2.40. The van der Waals surface area contributed by atoms with Gasteiger partial charge >= 0.3 is 0 Å². The lowest BCUT2D eigenvalue weighted by molar-refractivity contribution is 0.193. The molecule has 0 amide bonds. The normalized spacial score (nSPS) is 14.8. The number of hydrogen-bond acceptors (Lipinski definition) is 3. The Bertz CT molecular complexity index is 306. The Morgan fingerprint density at radius 1 is 1.31 bits per heavy atom. The van der Waals surface area contributed by atoms with Crippen LogP contribution in [0.2, 0.25) is 0 Å². The van der Waals surface area contributed by atoms with Gasteiger partial charge in [-0.3, -0.25) is 0 Å². The van der Waals surface area contributed by atoms with Gasteiger partial charge in [0.25, 0.3) is 0 Å². The summed E-state index contributed by atoms with van der Waals surface area (Å²) in [5, 5.41) is 9.64. The molecule has 1 unspecified atom stereocenters. The van der Waals surface area contributed by atoms with Crippen molar-refractivity contribution in [3.63, 3.8) is 0 Å². The minimum absolute atomic E-state index is 0.118. The molecule has 3 heteroatoms. The highest BCUT2D eigenvalue weighted by molar-refractivity contribution is 7.98. The van der Waals surface area contributed by atoms with Crippen molar-refractivity contribution in [1.82, 2.24) is 0 Å². The quantitative estimate of drug-likeness (QED) is 0.797. The van der Waals surface area contributed by atoms with E-state index in [1.807, 2.05) is 0 Å². The van der Waals surface area contributed by atoms with E-state index in [9.17, 15) is 5.11 Å². The zero-order valence-electron chi connectivity index (χ0n) is 10.1. The van der Waals surface area contributed by atoms with Gasteiger partial charge in [0.05, 0.1) is 6.61 Å². The summed E-state index contributed by atoms with van der Waals surface area (Å²) in [4.78, 5) is 0. The molecule has 1 rings (SSSR count). The van der Waals surface area contributed by atoms with Crippen LogP contribution in [0.5, 0.6) is 0 Å². The van der Waals surface area contributed by atoms with Crippen molar-refractivity contribution in [3.05, 3.63) is 35.4 Å². The lowest BCUT2D eigenvalue weighted by atomic mass is 9.78. The molecule has 0 aliphatic carbocycles. The molecule has 0 fully saturated rings. The Balaban J connectivity index is 2.95. The summed E-state index contributed by atoms with van der Waals surface area (Å²) in [6.07, 6.45) is 3.00. The van der Waals surface area contributed by atoms with Crippen LogP contribution in [0.1, 0.15) is 17.5 Å². The van der Waals surface area contributed by atoms with Crippen LogP contribution < -0.4 is 5.73 Å². The molecule has 0 bridgehead atoms. The summed E-state index contributed by atoms with van der Waals surface area (Å²) in [5.41, 5.74) is 7.98. The maximum absolute atomic E-state index is 9.64. The number of rotatable bonds is 6. The third-order valence-electron chi connectivity index (χ3n) is 3.14. The van der Waals surface area contributed by atoms with Crippen LogP contribution in [-0.4, -0.2) is 30.3 Å². The number of hydrogen-bond donors (Lipinski definition) is 2. The van der Waals surface area contributed by atoms with Gasteiger partial charge in [-0.25, -0.2) is 0 Å².